The first-order valence-corrected chi connectivity index (χ1v) is 16.3. The van der Waals surface area contributed by atoms with Crippen LogP contribution >= 0.6 is 0 Å². The van der Waals surface area contributed by atoms with Crippen LogP contribution in [0.2, 0.25) is 0 Å². The van der Waals surface area contributed by atoms with Gasteiger partial charge in [0.2, 0.25) is 23.6 Å². The molecule has 15 nitrogen and oxygen atoms in total. The Hall–Kier alpha value is -5.96. The molecule has 0 spiro atoms. The number of carbonyl (C=O) groups is 6. The molecule has 4 atom stereocenters. The van der Waals surface area contributed by atoms with Crippen LogP contribution in [0.15, 0.2) is 66.7 Å². The molecule has 6 amide bonds. The summed E-state index contributed by atoms with van der Waals surface area (Å²) >= 11 is 0. The molecule has 2 heterocycles. The Bertz CT molecular complexity index is 1820. The average molecular weight is 701 g/mol. The van der Waals surface area contributed by atoms with E-state index >= 15 is 0 Å². The highest BCUT2D eigenvalue weighted by Crippen LogP contribution is 2.57. The second-order valence-corrected chi connectivity index (χ2v) is 12.4. The van der Waals surface area contributed by atoms with E-state index < -0.39 is 59.5 Å². The topological polar surface area (TPSA) is 190 Å². The van der Waals surface area contributed by atoms with Crippen LogP contribution in [0.1, 0.15) is 19.4 Å². The Morgan fingerprint density at radius 1 is 0.686 bits per heavy atom. The maximum atomic E-state index is 13.5. The summed E-state index contributed by atoms with van der Waals surface area (Å²) in [4.78, 5) is 79.9. The molecule has 0 bridgehead atoms. The van der Waals surface area contributed by atoms with Crippen molar-refractivity contribution >= 4 is 58.6 Å². The second-order valence-electron chi connectivity index (χ2n) is 12.4. The average Bonchev–Trinajstić information content (AvgIpc) is 3.41. The number of imide groups is 2. The van der Waals surface area contributed by atoms with Crippen molar-refractivity contribution in [2.45, 2.75) is 26.9 Å². The number of nitrogens with one attached hydrogen (secondary N) is 2. The number of amides is 6. The number of ether oxygens (including phenoxy) is 4. The summed E-state index contributed by atoms with van der Waals surface area (Å²) in [5.41, 5.74) is 2.20. The third-order valence-electron chi connectivity index (χ3n) is 8.77. The fourth-order valence-electron chi connectivity index (χ4n) is 6.48. The summed E-state index contributed by atoms with van der Waals surface area (Å²) in [7, 11) is 0. The van der Waals surface area contributed by atoms with Gasteiger partial charge in [-0.15, -0.1) is 0 Å². The van der Waals surface area contributed by atoms with E-state index in [-0.39, 0.29) is 38.2 Å². The number of nitrogens with zero attached hydrogens (tertiary/aromatic N) is 2. The van der Waals surface area contributed by atoms with Gasteiger partial charge < -0.3 is 24.1 Å². The largest absolute Gasteiger partial charge is 0.491 e. The van der Waals surface area contributed by atoms with Crippen molar-refractivity contribution in [1.29, 1.82) is 0 Å². The maximum Gasteiger partial charge on any atom is 0.411 e. The molecule has 3 N–H and O–H groups in total. The van der Waals surface area contributed by atoms with E-state index in [9.17, 15) is 28.8 Å². The number of benzene rings is 3. The summed E-state index contributed by atoms with van der Waals surface area (Å²) in [6.07, 6.45) is -1.64. The molecule has 2 saturated heterocycles. The molecule has 3 aliphatic rings. The lowest BCUT2D eigenvalue weighted by molar-refractivity contribution is -0.146. The van der Waals surface area contributed by atoms with Gasteiger partial charge in [-0.05, 0) is 87.0 Å². The zero-order chi connectivity index (χ0) is 36.4. The smallest absolute Gasteiger partial charge is 0.411 e. The number of hydrogen-bond acceptors (Lipinski definition) is 11. The molecule has 3 aromatic carbocycles. The molecule has 51 heavy (non-hydrogen) atoms. The minimum absolute atomic E-state index is 0.00258. The molecular weight excluding hydrogens is 664 g/mol. The Labute approximate surface area is 292 Å². The minimum Gasteiger partial charge on any atom is -0.491 e. The maximum absolute atomic E-state index is 13.5. The van der Waals surface area contributed by atoms with Crippen LogP contribution in [0, 0.1) is 30.6 Å². The molecule has 3 aromatic rings. The van der Waals surface area contributed by atoms with Crippen LogP contribution in [0.5, 0.6) is 11.5 Å². The molecular formula is C36H36N4O11. The van der Waals surface area contributed by atoms with Crippen molar-refractivity contribution in [2.75, 3.05) is 46.9 Å². The van der Waals surface area contributed by atoms with E-state index in [2.05, 4.69) is 10.6 Å². The monoisotopic (exact) mass is 700 g/mol. The molecule has 0 radical (unpaired) electrons. The highest BCUT2D eigenvalue weighted by molar-refractivity contribution is 6.32. The van der Waals surface area contributed by atoms with Crippen molar-refractivity contribution in [1.82, 2.24) is 0 Å². The number of anilines is 4. The van der Waals surface area contributed by atoms with Gasteiger partial charge in [-0.1, -0.05) is 6.07 Å². The first-order valence-electron chi connectivity index (χ1n) is 16.3. The van der Waals surface area contributed by atoms with Gasteiger partial charge in [-0.2, -0.15) is 0 Å². The van der Waals surface area contributed by atoms with Crippen molar-refractivity contribution in [3.8, 4) is 11.5 Å². The molecule has 6 rings (SSSR count). The van der Waals surface area contributed by atoms with Crippen molar-refractivity contribution in [3.63, 3.8) is 0 Å². The van der Waals surface area contributed by atoms with Crippen LogP contribution in [0.3, 0.4) is 0 Å². The summed E-state index contributed by atoms with van der Waals surface area (Å²) in [5, 5.41) is 14.2. The predicted octanol–water partition coefficient (Wildman–Crippen LogP) is 3.88. The van der Waals surface area contributed by atoms with Gasteiger partial charge in [0.1, 0.15) is 31.3 Å². The highest BCUT2D eigenvalue weighted by atomic mass is 16.6. The van der Waals surface area contributed by atoms with Crippen molar-refractivity contribution < 1.29 is 52.8 Å². The lowest BCUT2D eigenvalue weighted by Crippen LogP contribution is -2.50. The normalized spacial score (nSPS) is 20.5. The van der Waals surface area contributed by atoms with Crippen molar-refractivity contribution in [3.05, 3.63) is 72.3 Å². The number of hydrogen-bond donors (Lipinski definition) is 3. The zero-order valence-electron chi connectivity index (χ0n) is 28.0. The van der Waals surface area contributed by atoms with E-state index in [1.807, 2.05) is 0 Å². The number of aliphatic hydroxyl groups is 1. The van der Waals surface area contributed by atoms with Gasteiger partial charge in [0, 0.05) is 11.4 Å². The zero-order valence-corrected chi connectivity index (χ0v) is 28.0. The summed E-state index contributed by atoms with van der Waals surface area (Å²) in [6, 6.07) is 17.3. The second kappa shape index (κ2) is 14.5. The van der Waals surface area contributed by atoms with Gasteiger partial charge in [-0.3, -0.25) is 39.6 Å². The number of aryl methyl sites for hydroxylation is 1. The van der Waals surface area contributed by atoms with Crippen molar-refractivity contribution in [2.24, 2.45) is 23.7 Å². The Balaban J connectivity index is 0.995. The summed E-state index contributed by atoms with van der Waals surface area (Å²) in [6.45, 7) is 5.08. The van der Waals surface area contributed by atoms with Crippen LogP contribution in [-0.4, -0.2) is 73.5 Å². The van der Waals surface area contributed by atoms with E-state index in [0.717, 1.165) is 15.4 Å². The molecule has 266 valence electrons. The van der Waals surface area contributed by atoms with Crippen LogP contribution in [0.4, 0.5) is 32.3 Å². The number of aliphatic hydroxyl groups excluding tert-OH is 1. The third-order valence-corrected chi connectivity index (χ3v) is 8.77. The van der Waals surface area contributed by atoms with Crippen LogP contribution in [-0.2, 0) is 28.7 Å². The molecule has 4 unspecified atom stereocenters. The first-order chi connectivity index (χ1) is 24.5. The van der Waals surface area contributed by atoms with Gasteiger partial charge in [-0.25, -0.2) is 9.59 Å². The third kappa shape index (κ3) is 6.92. The molecule has 1 saturated carbocycles. The first kappa shape index (κ1) is 34.9. The molecule has 3 fully saturated rings. The molecule has 15 heteroatoms. The van der Waals surface area contributed by atoms with Crippen LogP contribution in [0.25, 0.3) is 0 Å². The Kier molecular flexibility index (Phi) is 9.91. The van der Waals surface area contributed by atoms with Crippen LogP contribution < -0.4 is 29.9 Å². The fourth-order valence-corrected chi connectivity index (χ4v) is 6.48. The summed E-state index contributed by atoms with van der Waals surface area (Å²) in [5.74, 6) is -5.00. The van der Waals surface area contributed by atoms with E-state index in [4.69, 9.17) is 24.1 Å². The van der Waals surface area contributed by atoms with Gasteiger partial charge in [0.05, 0.1) is 47.8 Å². The number of fused-ring (bicyclic) bond motifs is 4. The SMILES string of the molecule is Cc1ccc(NC(=O)OC(C)C)cc1NC(=O)OCCOc1ccc(N2C(=O)C3C4C(=O)N(c5ccc(OCCO)cc5)C(=O)C4C3C2=O)cc1. The van der Waals surface area contributed by atoms with E-state index in [0.29, 0.717) is 28.6 Å². The fraction of sp³-hybridized carbons (Fsp3) is 0.333. The predicted molar refractivity (Wildman–Crippen MR) is 181 cm³/mol. The Morgan fingerprint density at radius 2 is 1.18 bits per heavy atom. The lowest BCUT2D eigenvalue weighted by Gasteiger charge is -2.36. The van der Waals surface area contributed by atoms with Gasteiger partial charge >= 0.3 is 12.2 Å². The minimum atomic E-state index is -0.931. The van der Waals surface area contributed by atoms with Gasteiger partial charge in [0.15, 0.2) is 0 Å². The van der Waals surface area contributed by atoms with E-state index in [1.165, 1.54) is 12.1 Å². The lowest BCUT2D eigenvalue weighted by atomic mass is 9.59. The molecule has 2 aliphatic heterocycles. The van der Waals surface area contributed by atoms with Gasteiger partial charge in [0.25, 0.3) is 0 Å². The Morgan fingerprint density at radius 3 is 1.65 bits per heavy atom. The summed E-state index contributed by atoms with van der Waals surface area (Å²) < 4.78 is 21.3. The highest BCUT2D eigenvalue weighted by Gasteiger charge is 2.73. The standard InChI is InChI=1S/C36H36N4O11/c1-19(2)51-36(47)37-21-5-4-20(3)26(18-21)38-35(46)50-17-16-49-25-12-8-23(9-13-25)40-33(44)29-27-28(30(29)34(40)45)32(43)39(31(27)42)22-6-10-24(11-7-22)48-15-14-41/h4-13,18-19,27-30,41H,14-17H2,1-3H3,(H,37,47)(H,38,46). The van der Waals surface area contributed by atoms with E-state index in [1.54, 1.807) is 75.4 Å². The number of rotatable bonds is 12. The molecule has 1 aliphatic carbocycles. The quantitative estimate of drug-likeness (QED) is 0.184. The number of carbonyl (C=O) groups excluding carboxylic acids is 6. The molecule has 0 aromatic heterocycles.